The summed E-state index contributed by atoms with van der Waals surface area (Å²) in [6.07, 6.45) is 3.32. The Morgan fingerprint density at radius 1 is 1.38 bits per heavy atom. The van der Waals surface area contributed by atoms with E-state index in [0.29, 0.717) is 0 Å². The topological polar surface area (TPSA) is 63.2 Å². The zero-order valence-electron chi connectivity index (χ0n) is 15.4. The summed E-state index contributed by atoms with van der Waals surface area (Å²) >= 11 is 0.764. The molecule has 1 unspecified atom stereocenters. The van der Waals surface area contributed by atoms with Crippen LogP contribution in [0.3, 0.4) is 0 Å². The second-order valence-electron chi connectivity index (χ2n) is 8.37. The Morgan fingerprint density at radius 3 is 2.62 bits per heavy atom. The second kappa shape index (κ2) is 6.85. The molecule has 2 aliphatic rings. The minimum absolute atomic E-state index is 0.113. The van der Waals surface area contributed by atoms with Gasteiger partial charge in [0.2, 0.25) is 0 Å². The highest BCUT2D eigenvalue weighted by Gasteiger charge is 2.51. The van der Waals surface area contributed by atoms with E-state index in [4.69, 9.17) is 4.98 Å². The van der Waals surface area contributed by atoms with Gasteiger partial charge in [0, 0.05) is 28.2 Å². The van der Waals surface area contributed by atoms with Gasteiger partial charge < -0.3 is 14.8 Å². The number of hydrogen-bond donors (Lipinski definition) is 2. The molecule has 1 aromatic heterocycles. The Balaban J connectivity index is 1.89. The highest BCUT2D eigenvalue weighted by atomic mass is 32.2. The maximum Gasteiger partial charge on any atom is 0.136 e. The van der Waals surface area contributed by atoms with Gasteiger partial charge in [0.25, 0.3) is 0 Å². The lowest BCUT2D eigenvalue weighted by atomic mass is 9.74. The number of piperidine rings is 1. The summed E-state index contributed by atoms with van der Waals surface area (Å²) in [4.78, 5) is 8.51. The molecular weight excluding hydrogens is 340 g/mol. The van der Waals surface area contributed by atoms with Crippen LogP contribution in [-0.2, 0) is 24.3 Å². The van der Waals surface area contributed by atoms with Crippen LogP contribution < -0.4 is 10.0 Å². The van der Waals surface area contributed by atoms with E-state index in [1.807, 2.05) is 32.1 Å². The van der Waals surface area contributed by atoms with Crippen LogP contribution in [-0.4, -0.2) is 46.4 Å². The Morgan fingerprint density at radius 2 is 2.04 bits per heavy atom. The van der Waals surface area contributed by atoms with Crippen LogP contribution in [0, 0.1) is 5.41 Å². The van der Waals surface area contributed by atoms with Crippen molar-refractivity contribution in [1.29, 1.82) is 0 Å². The molecule has 24 heavy (non-hydrogen) atoms. The molecule has 0 saturated carbocycles. The SMILES string of the molecule is CN(C)Cc1nc2c(s1)CC1(CCNCC1)[C@@H]2N[S+]([O-])C(C)(C)C. The third-order valence-electron chi connectivity index (χ3n) is 5.00. The number of nitrogens with zero attached hydrogens (tertiary/aromatic N) is 2. The van der Waals surface area contributed by atoms with Gasteiger partial charge in [0.05, 0.1) is 5.69 Å². The van der Waals surface area contributed by atoms with Crippen LogP contribution in [0.25, 0.3) is 0 Å². The summed E-state index contributed by atoms with van der Waals surface area (Å²) in [5.74, 6) is 0. The van der Waals surface area contributed by atoms with Crippen molar-refractivity contribution in [3.8, 4) is 0 Å². The van der Waals surface area contributed by atoms with E-state index in [1.54, 1.807) is 0 Å². The lowest BCUT2D eigenvalue weighted by Gasteiger charge is -2.40. The summed E-state index contributed by atoms with van der Waals surface area (Å²) in [5, 5.41) is 4.64. The molecule has 2 heterocycles. The van der Waals surface area contributed by atoms with Crippen molar-refractivity contribution in [3.05, 3.63) is 15.6 Å². The third-order valence-corrected chi connectivity index (χ3v) is 7.62. The predicted octanol–water partition coefficient (Wildman–Crippen LogP) is 2.22. The van der Waals surface area contributed by atoms with E-state index in [0.717, 1.165) is 44.6 Å². The van der Waals surface area contributed by atoms with Gasteiger partial charge in [-0.2, -0.15) is 0 Å². The van der Waals surface area contributed by atoms with Crippen molar-refractivity contribution >= 4 is 22.7 Å². The van der Waals surface area contributed by atoms with Crippen molar-refractivity contribution in [2.24, 2.45) is 5.41 Å². The largest absolute Gasteiger partial charge is 0.598 e. The number of nitrogens with one attached hydrogen (secondary N) is 2. The number of rotatable bonds is 4. The Kier molecular flexibility index (Phi) is 5.31. The van der Waals surface area contributed by atoms with Crippen LogP contribution in [0.4, 0.5) is 0 Å². The molecule has 1 aliphatic heterocycles. The summed E-state index contributed by atoms with van der Waals surface area (Å²) in [5.41, 5.74) is 1.34. The zero-order chi connectivity index (χ0) is 17.5. The van der Waals surface area contributed by atoms with Crippen molar-refractivity contribution in [2.75, 3.05) is 27.2 Å². The van der Waals surface area contributed by atoms with Crippen molar-refractivity contribution in [1.82, 2.24) is 19.9 Å². The minimum Gasteiger partial charge on any atom is -0.598 e. The molecule has 1 aliphatic carbocycles. The minimum atomic E-state index is -1.08. The third kappa shape index (κ3) is 3.66. The second-order valence-corrected chi connectivity index (χ2v) is 11.5. The van der Waals surface area contributed by atoms with Gasteiger partial charge in [-0.3, -0.25) is 0 Å². The van der Waals surface area contributed by atoms with E-state index in [9.17, 15) is 4.55 Å². The van der Waals surface area contributed by atoms with Gasteiger partial charge in [-0.05, 0) is 67.2 Å². The van der Waals surface area contributed by atoms with Gasteiger partial charge in [-0.15, -0.1) is 16.1 Å². The maximum atomic E-state index is 12.8. The lowest BCUT2D eigenvalue weighted by Crippen LogP contribution is -2.49. The number of thiazole rings is 1. The van der Waals surface area contributed by atoms with Crippen LogP contribution in [0.1, 0.15) is 55.2 Å². The predicted molar refractivity (Wildman–Crippen MR) is 102 cm³/mol. The molecule has 7 heteroatoms. The summed E-state index contributed by atoms with van der Waals surface area (Å²) in [6, 6.07) is 0.113. The summed E-state index contributed by atoms with van der Waals surface area (Å²) in [6.45, 7) is 9.04. The normalized spacial score (nSPS) is 24.5. The molecule has 2 N–H and O–H groups in total. The molecule has 136 valence electrons. The first-order valence-corrected chi connectivity index (χ1v) is 10.7. The molecule has 0 bridgehead atoms. The molecule has 5 nitrogen and oxygen atoms in total. The summed E-state index contributed by atoms with van der Waals surface area (Å²) in [7, 11) is 4.15. The standard InChI is InChI=1S/C17H30N4OS2/c1-16(2,3)24(22)20-15-14-12(23-13(19-14)11-21(4)5)10-17(15)6-8-18-9-7-17/h15,18,20H,6-11H2,1-5H3/t15-,24?/m1/s1. The van der Waals surface area contributed by atoms with Crippen molar-refractivity contribution in [3.63, 3.8) is 0 Å². The number of hydrogen-bond acceptors (Lipinski definition) is 6. The molecule has 1 aromatic rings. The van der Waals surface area contributed by atoms with Crippen molar-refractivity contribution < 1.29 is 4.55 Å². The first-order chi connectivity index (χ1) is 11.2. The van der Waals surface area contributed by atoms with E-state index in [1.165, 1.54) is 9.88 Å². The van der Waals surface area contributed by atoms with E-state index in [-0.39, 0.29) is 16.2 Å². The van der Waals surface area contributed by atoms with Gasteiger partial charge in [-0.1, -0.05) is 0 Å². The molecular formula is C17H30N4OS2. The highest BCUT2D eigenvalue weighted by molar-refractivity contribution is 7.90. The first-order valence-electron chi connectivity index (χ1n) is 8.73. The maximum absolute atomic E-state index is 12.8. The molecule has 1 spiro atoms. The Bertz CT molecular complexity index is 576. The fraction of sp³-hybridized carbons (Fsp3) is 0.824. The van der Waals surface area contributed by atoms with Crippen LogP contribution in [0.15, 0.2) is 0 Å². The average molecular weight is 371 g/mol. The molecule has 3 rings (SSSR count). The molecule has 2 atom stereocenters. The number of fused-ring (bicyclic) bond motifs is 1. The van der Waals surface area contributed by atoms with Crippen LogP contribution >= 0.6 is 11.3 Å². The number of aromatic nitrogens is 1. The zero-order valence-corrected chi connectivity index (χ0v) is 17.1. The first kappa shape index (κ1) is 18.6. The van der Waals surface area contributed by atoms with E-state index in [2.05, 4.69) is 29.0 Å². The fourth-order valence-electron chi connectivity index (χ4n) is 3.67. The van der Waals surface area contributed by atoms with Crippen LogP contribution in [0.5, 0.6) is 0 Å². The molecule has 0 radical (unpaired) electrons. The molecule has 0 aromatic carbocycles. The van der Waals surface area contributed by atoms with Gasteiger partial charge in [0.15, 0.2) is 0 Å². The molecule has 1 fully saturated rings. The molecule has 1 saturated heterocycles. The van der Waals surface area contributed by atoms with E-state index >= 15 is 0 Å². The smallest absolute Gasteiger partial charge is 0.136 e. The fourth-order valence-corrected chi connectivity index (χ4v) is 5.98. The van der Waals surface area contributed by atoms with Gasteiger partial charge in [0.1, 0.15) is 15.8 Å². The monoisotopic (exact) mass is 370 g/mol. The Labute approximate surface area is 152 Å². The quantitative estimate of drug-likeness (QED) is 0.796. The van der Waals surface area contributed by atoms with Gasteiger partial charge >= 0.3 is 0 Å². The lowest BCUT2D eigenvalue weighted by molar-refractivity contribution is 0.162. The average Bonchev–Trinajstić information content (AvgIpc) is 2.95. The highest BCUT2D eigenvalue weighted by Crippen LogP contribution is 2.53. The van der Waals surface area contributed by atoms with E-state index < -0.39 is 11.4 Å². The Hall–Kier alpha value is -0.180. The van der Waals surface area contributed by atoms with Gasteiger partial charge in [-0.25, -0.2) is 4.98 Å². The van der Waals surface area contributed by atoms with Crippen LogP contribution in [0.2, 0.25) is 0 Å². The molecule has 0 amide bonds. The summed E-state index contributed by atoms with van der Waals surface area (Å²) < 4.78 is 16.0. The van der Waals surface area contributed by atoms with Crippen molar-refractivity contribution in [2.45, 2.75) is 57.4 Å².